The van der Waals surface area contributed by atoms with Crippen LogP contribution in [0.5, 0.6) is 0 Å². The smallest absolute Gasteiger partial charge is 0.226 e. The summed E-state index contributed by atoms with van der Waals surface area (Å²) in [6, 6.07) is 8.12. The van der Waals surface area contributed by atoms with Crippen molar-refractivity contribution in [2.75, 3.05) is 23.3 Å². The van der Waals surface area contributed by atoms with Gasteiger partial charge in [-0.2, -0.15) is 0 Å². The lowest BCUT2D eigenvalue weighted by Gasteiger charge is -2.37. The quantitative estimate of drug-likeness (QED) is 0.886. The van der Waals surface area contributed by atoms with Crippen LogP contribution >= 0.6 is 0 Å². The zero-order chi connectivity index (χ0) is 14.0. The van der Waals surface area contributed by atoms with E-state index in [1.54, 1.807) is 0 Å². The van der Waals surface area contributed by atoms with Gasteiger partial charge in [-0.05, 0) is 50.3 Å². The standard InChI is InChI=1S/C16H23N3O/c17-16(7-4-8-16)12-15(20)18-13-5-3-6-14(11-13)19-9-1-2-10-19/h3,5-6,11H,1-2,4,7-10,12,17H2,(H,18,20). The number of nitrogens with one attached hydrogen (secondary N) is 1. The average molecular weight is 273 g/mol. The molecule has 0 radical (unpaired) electrons. The van der Waals surface area contributed by atoms with E-state index in [1.165, 1.54) is 18.5 Å². The maximum absolute atomic E-state index is 12.0. The summed E-state index contributed by atoms with van der Waals surface area (Å²) in [6.45, 7) is 2.23. The molecule has 4 nitrogen and oxygen atoms in total. The number of anilines is 2. The Morgan fingerprint density at radius 1 is 1.25 bits per heavy atom. The van der Waals surface area contributed by atoms with E-state index in [0.717, 1.165) is 38.0 Å². The summed E-state index contributed by atoms with van der Waals surface area (Å²) >= 11 is 0. The molecule has 20 heavy (non-hydrogen) atoms. The van der Waals surface area contributed by atoms with Gasteiger partial charge in [-0.3, -0.25) is 4.79 Å². The maximum Gasteiger partial charge on any atom is 0.226 e. The van der Waals surface area contributed by atoms with Crippen molar-refractivity contribution < 1.29 is 4.79 Å². The largest absolute Gasteiger partial charge is 0.371 e. The molecule has 2 aliphatic rings. The number of nitrogens with zero attached hydrogens (tertiary/aromatic N) is 1. The zero-order valence-electron chi connectivity index (χ0n) is 11.9. The molecule has 2 fully saturated rings. The summed E-state index contributed by atoms with van der Waals surface area (Å²) in [6.07, 6.45) is 6.02. The zero-order valence-corrected chi connectivity index (χ0v) is 11.9. The van der Waals surface area contributed by atoms with Gasteiger partial charge in [-0.25, -0.2) is 0 Å². The molecule has 1 aromatic carbocycles. The first-order chi connectivity index (χ1) is 9.65. The highest BCUT2D eigenvalue weighted by Gasteiger charge is 2.34. The highest BCUT2D eigenvalue weighted by atomic mass is 16.1. The van der Waals surface area contributed by atoms with Crippen molar-refractivity contribution in [1.82, 2.24) is 0 Å². The van der Waals surface area contributed by atoms with Gasteiger partial charge in [0.15, 0.2) is 0 Å². The van der Waals surface area contributed by atoms with E-state index in [0.29, 0.717) is 6.42 Å². The van der Waals surface area contributed by atoms with E-state index in [4.69, 9.17) is 5.73 Å². The predicted octanol–water partition coefficient (Wildman–Crippen LogP) is 2.50. The fourth-order valence-electron chi connectivity index (χ4n) is 3.09. The minimum atomic E-state index is -0.253. The fourth-order valence-corrected chi connectivity index (χ4v) is 3.09. The van der Waals surface area contributed by atoms with Crippen molar-refractivity contribution in [3.63, 3.8) is 0 Å². The minimum Gasteiger partial charge on any atom is -0.371 e. The van der Waals surface area contributed by atoms with Crippen molar-refractivity contribution in [2.45, 2.75) is 44.1 Å². The van der Waals surface area contributed by atoms with Gasteiger partial charge in [0, 0.05) is 36.4 Å². The second-order valence-corrected chi connectivity index (χ2v) is 6.19. The normalized spacial score (nSPS) is 20.6. The van der Waals surface area contributed by atoms with E-state index >= 15 is 0 Å². The van der Waals surface area contributed by atoms with Gasteiger partial charge < -0.3 is 16.0 Å². The number of benzene rings is 1. The third-order valence-corrected chi connectivity index (χ3v) is 4.46. The third-order valence-electron chi connectivity index (χ3n) is 4.46. The van der Waals surface area contributed by atoms with E-state index in [9.17, 15) is 4.79 Å². The van der Waals surface area contributed by atoms with Gasteiger partial charge in [-0.15, -0.1) is 0 Å². The summed E-state index contributed by atoms with van der Waals surface area (Å²) in [7, 11) is 0. The Hall–Kier alpha value is -1.55. The topological polar surface area (TPSA) is 58.4 Å². The van der Waals surface area contributed by atoms with Gasteiger partial charge in [-0.1, -0.05) is 6.07 Å². The van der Waals surface area contributed by atoms with Crippen LogP contribution in [0.4, 0.5) is 11.4 Å². The number of nitrogens with two attached hydrogens (primary N) is 1. The fraction of sp³-hybridized carbons (Fsp3) is 0.562. The van der Waals surface area contributed by atoms with Crippen molar-refractivity contribution >= 4 is 17.3 Å². The van der Waals surface area contributed by atoms with Crippen LogP contribution in [0, 0.1) is 0 Å². The van der Waals surface area contributed by atoms with Gasteiger partial charge in [0.05, 0.1) is 0 Å². The van der Waals surface area contributed by atoms with Crippen LogP contribution in [0.15, 0.2) is 24.3 Å². The lowest BCUT2D eigenvalue weighted by Crippen LogP contribution is -2.48. The van der Waals surface area contributed by atoms with Gasteiger partial charge in [0.25, 0.3) is 0 Å². The summed E-state index contributed by atoms with van der Waals surface area (Å²) in [4.78, 5) is 14.4. The third kappa shape index (κ3) is 2.96. The highest BCUT2D eigenvalue weighted by Crippen LogP contribution is 2.32. The van der Waals surface area contributed by atoms with Crippen LogP contribution in [-0.2, 0) is 4.79 Å². The molecule has 0 spiro atoms. The van der Waals surface area contributed by atoms with Crippen LogP contribution < -0.4 is 16.0 Å². The molecule has 3 N–H and O–H groups in total. The Bertz CT molecular complexity index is 490. The second-order valence-electron chi connectivity index (χ2n) is 6.19. The molecular weight excluding hydrogens is 250 g/mol. The lowest BCUT2D eigenvalue weighted by molar-refractivity contribution is -0.118. The molecule has 0 bridgehead atoms. The Kier molecular flexibility index (Phi) is 3.66. The number of amides is 1. The Morgan fingerprint density at radius 3 is 2.65 bits per heavy atom. The van der Waals surface area contributed by atoms with Crippen LogP contribution in [-0.4, -0.2) is 24.5 Å². The molecule has 4 heteroatoms. The van der Waals surface area contributed by atoms with Crippen molar-refractivity contribution in [3.8, 4) is 0 Å². The average Bonchev–Trinajstić information content (AvgIpc) is 2.91. The van der Waals surface area contributed by atoms with Crippen molar-refractivity contribution in [2.24, 2.45) is 5.73 Å². The number of carbonyl (C=O) groups excluding carboxylic acids is 1. The van der Waals surface area contributed by atoms with Crippen molar-refractivity contribution in [1.29, 1.82) is 0 Å². The lowest BCUT2D eigenvalue weighted by atomic mass is 9.75. The highest BCUT2D eigenvalue weighted by molar-refractivity contribution is 5.92. The van der Waals surface area contributed by atoms with E-state index in [-0.39, 0.29) is 11.4 Å². The Morgan fingerprint density at radius 2 is 2.00 bits per heavy atom. The number of carbonyl (C=O) groups is 1. The number of hydrogen-bond donors (Lipinski definition) is 2. The predicted molar refractivity (Wildman–Crippen MR) is 81.9 cm³/mol. The summed E-state index contributed by atoms with van der Waals surface area (Å²) in [5.41, 5.74) is 7.94. The number of rotatable bonds is 4. The molecule has 1 saturated heterocycles. The molecular formula is C16H23N3O. The molecule has 1 aliphatic heterocycles. The Balaban J connectivity index is 1.61. The molecule has 1 saturated carbocycles. The molecule has 1 aliphatic carbocycles. The molecule has 0 aromatic heterocycles. The Labute approximate surface area is 120 Å². The molecule has 108 valence electrons. The first-order valence-electron chi connectivity index (χ1n) is 7.58. The molecule has 3 rings (SSSR count). The van der Waals surface area contributed by atoms with E-state index in [1.807, 2.05) is 12.1 Å². The van der Waals surface area contributed by atoms with Crippen LogP contribution in [0.2, 0.25) is 0 Å². The molecule has 1 amide bonds. The molecule has 0 atom stereocenters. The van der Waals surface area contributed by atoms with Crippen LogP contribution in [0.25, 0.3) is 0 Å². The van der Waals surface area contributed by atoms with Crippen molar-refractivity contribution in [3.05, 3.63) is 24.3 Å². The van der Waals surface area contributed by atoms with Gasteiger partial charge in [0.2, 0.25) is 5.91 Å². The molecule has 1 aromatic rings. The number of hydrogen-bond acceptors (Lipinski definition) is 3. The first kappa shape index (κ1) is 13.4. The molecule has 1 heterocycles. The summed E-state index contributed by atoms with van der Waals surface area (Å²) in [5.74, 6) is 0.0331. The summed E-state index contributed by atoms with van der Waals surface area (Å²) in [5, 5.41) is 2.98. The van der Waals surface area contributed by atoms with E-state index < -0.39 is 0 Å². The summed E-state index contributed by atoms with van der Waals surface area (Å²) < 4.78 is 0. The monoisotopic (exact) mass is 273 g/mol. The van der Waals surface area contributed by atoms with Crippen LogP contribution in [0.1, 0.15) is 38.5 Å². The van der Waals surface area contributed by atoms with Gasteiger partial charge in [0.1, 0.15) is 0 Å². The van der Waals surface area contributed by atoms with E-state index in [2.05, 4.69) is 22.3 Å². The van der Waals surface area contributed by atoms with Crippen LogP contribution in [0.3, 0.4) is 0 Å². The SMILES string of the molecule is NC1(CC(=O)Nc2cccc(N3CCCC3)c2)CCC1. The van der Waals surface area contributed by atoms with Gasteiger partial charge >= 0.3 is 0 Å². The maximum atomic E-state index is 12.0. The first-order valence-corrected chi connectivity index (χ1v) is 7.58. The molecule has 0 unspecified atom stereocenters. The second kappa shape index (κ2) is 5.44. The minimum absolute atomic E-state index is 0.0331.